The molecule has 19 heavy (non-hydrogen) atoms. The molecule has 2 aliphatic heterocycles. The molecule has 0 spiro atoms. The molecule has 1 N–H and O–H groups in total. The second kappa shape index (κ2) is 5.25. The van der Waals surface area contributed by atoms with E-state index in [9.17, 15) is 0 Å². The zero-order valence-electron chi connectivity index (χ0n) is 11.6. The molecule has 0 saturated carbocycles. The molecule has 5 heteroatoms. The van der Waals surface area contributed by atoms with Crippen LogP contribution >= 0.6 is 0 Å². The van der Waals surface area contributed by atoms with Crippen molar-refractivity contribution in [2.75, 3.05) is 31.6 Å². The van der Waals surface area contributed by atoms with Gasteiger partial charge in [-0.2, -0.15) is 0 Å². The van der Waals surface area contributed by atoms with Crippen LogP contribution in [0.15, 0.2) is 11.3 Å². The minimum atomic E-state index is 0.489. The van der Waals surface area contributed by atoms with Crippen molar-refractivity contribution in [1.82, 2.24) is 15.3 Å². The summed E-state index contributed by atoms with van der Waals surface area (Å²) in [6.45, 7) is 5.31. The minimum Gasteiger partial charge on any atom is -0.354 e. The van der Waals surface area contributed by atoms with Crippen LogP contribution < -0.4 is 20.9 Å². The molecule has 0 aliphatic carbocycles. The van der Waals surface area contributed by atoms with E-state index in [0.717, 1.165) is 42.6 Å². The average molecular weight is 259 g/mol. The molecule has 0 unspecified atom stereocenters. The molecule has 102 valence electrons. The lowest BCUT2D eigenvalue weighted by molar-refractivity contribution is 0.337. The fraction of sp³-hybridized carbons (Fsp3) is 0.643. The number of piperidine rings is 1. The fourth-order valence-corrected chi connectivity index (χ4v) is 3.00. The number of hydrogen-bond donors (Lipinski definition) is 1. The first-order valence-corrected chi connectivity index (χ1v) is 7.06. The number of anilines is 1. The normalized spacial score (nSPS) is 26.0. The third-order valence-corrected chi connectivity index (χ3v) is 4.20. The highest BCUT2D eigenvalue weighted by atomic mass is 15.2. The zero-order chi connectivity index (χ0) is 13.2. The summed E-state index contributed by atoms with van der Waals surface area (Å²) in [6, 6.07) is 0.489. The first kappa shape index (κ1) is 12.5. The van der Waals surface area contributed by atoms with Crippen molar-refractivity contribution in [2.45, 2.75) is 25.8 Å². The van der Waals surface area contributed by atoms with Gasteiger partial charge in [-0.05, 0) is 25.3 Å². The first-order valence-electron chi connectivity index (χ1n) is 7.06. The standard InChI is InChI=1S/C14H21N5/c1-10-5-7-15-8-12(10)19(2)14-11-4-3-6-16-13(11)17-9-18-14/h4,9-10,12,15H,3,5-8H2,1-2H3/t10-,12+/m1/s1. The lowest BCUT2D eigenvalue weighted by Crippen LogP contribution is -2.51. The highest BCUT2D eigenvalue weighted by Gasteiger charge is 2.26. The number of rotatable bonds is 2. The van der Waals surface area contributed by atoms with Crippen molar-refractivity contribution in [1.29, 1.82) is 0 Å². The predicted octanol–water partition coefficient (Wildman–Crippen LogP) is -0.285. The Bertz CT molecular complexity index is 568. The fourth-order valence-electron chi connectivity index (χ4n) is 3.00. The van der Waals surface area contributed by atoms with Crippen LogP contribution in [0.3, 0.4) is 0 Å². The van der Waals surface area contributed by atoms with Gasteiger partial charge >= 0.3 is 0 Å². The summed E-state index contributed by atoms with van der Waals surface area (Å²) >= 11 is 0. The maximum atomic E-state index is 4.50. The van der Waals surface area contributed by atoms with Crippen molar-refractivity contribution in [3.63, 3.8) is 0 Å². The molecule has 3 rings (SSSR count). The van der Waals surface area contributed by atoms with E-state index in [1.807, 2.05) is 0 Å². The van der Waals surface area contributed by atoms with Crippen LogP contribution in [0.2, 0.25) is 0 Å². The summed E-state index contributed by atoms with van der Waals surface area (Å²) in [4.78, 5) is 15.5. The van der Waals surface area contributed by atoms with E-state index in [4.69, 9.17) is 0 Å². The lowest BCUT2D eigenvalue weighted by atomic mass is 9.93. The third kappa shape index (κ3) is 2.34. The van der Waals surface area contributed by atoms with Crippen molar-refractivity contribution in [3.8, 4) is 0 Å². The second-order valence-electron chi connectivity index (χ2n) is 5.46. The Kier molecular flexibility index (Phi) is 3.46. The third-order valence-electron chi connectivity index (χ3n) is 4.20. The van der Waals surface area contributed by atoms with Crippen molar-refractivity contribution >= 4 is 11.9 Å². The highest BCUT2D eigenvalue weighted by Crippen LogP contribution is 2.18. The summed E-state index contributed by atoms with van der Waals surface area (Å²) in [5.41, 5.74) is 0.847. The molecule has 1 saturated heterocycles. The van der Waals surface area contributed by atoms with E-state index in [1.165, 1.54) is 6.42 Å². The van der Waals surface area contributed by atoms with Gasteiger partial charge in [0.25, 0.3) is 0 Å². The van der Waals surface area contributed by atoms with Gasteiger partial charge in [0.05, 0.1) is 5.22 Å². The molecule has 5 nitrogen and oxygen atoms in total. The van der Waals surface area contributed by atoms with Crippen molar-refractivity contribution in [3.05, 3.63) is 17.0 Å². The smallest absolute Gasteiger partial charge is 0.159 e. The Morgan fingerprint density at radius 3 is 3.11 bits per heavy atom. The Hall–Kier alpha value is -1.49. The lowest BCUT2D eigenvalue weighted by Gasteiger charge is -2.37. The summed E-state index contributed by atoms with van der Waals surface area (Å²) in [6.07, 6.45) is 6.05. The van der Waals surface area contributed by atoms with Crippen molar-refractivity contribution in [2.24, 2.45) is 10.9 Å². The van der Waals surface area contributed by atoms with Gasteiger partial charge in [-0.3, -0.25) is 4.99 Å². The second-order valence-corrected chi connectivity index (χ2v) is 5.46. The molecule has 0 aromatic carbocycles. The van der Waals surface area contributed by atoms with Gasteiger partial charge in [-0.15, -0.1) is 0 Å². The molecule has 3 heterocycles. The number of likely N-dealkylation sites (N-methyl/N-ethyl adjacent to an activating group) is 1. The van der Waals surface area contributed by atoms with Gasteiger partial charge in [-0.1, -0.05) is 13.0 Å². The Morgan fingerprint density at radius 1 is 1.37 bits per heavy atom. The number of aromatic nitrogens is 2. The minimum absolute atomic E-state index is 0.489. The molecular formula is C14H21N5. The van der Waals surface area contributed by atoms with Crippen LogP contribution in [0.1, 0.15) is 19.8 Å². The molecule has 1 fully saturated rings. The van der Waals surface area contributed by atoms with E-state index in [1.54, 1.807) is 6.33 Å². The van der Waals surface area contributed by atoms with Gasteiger partial charge in [0.1, 0.15) is 12.1 Å². The van der Waals surface area contributed by atoms with Crippen LogP contribution in [-0.4, -0.2) is 42.7 Å². The first-order chi connectivity index (χ1) is 9.27. The van der Waals surface area contributed by atoms with Crippen LogP contribution in [0.25, 0.3) is 6.08 Å². The maximum Gasteiger partial charge on any atom is 0.159 e. The summed E-state index contributed by atoms with van der Waals surface area (Å²) in [5.74, 6) is 1.70. The molecule has 2 atom stereocenters. The number of nitrogens with one attached hydrogen (secondary N) is 1. The molecule has 0 bridgehead atoms. The molecule has 0 amide bonds. The highest BCUT2D eigenvalue weighted by molar-refractivity contribution is 5.45. The Morgan fingerprint density at radius 2 is 2.26 bits per heavy atom. The van der Waals surface area contributed by atoms with Gasteiger partial charge in [0.2, 0.25) is 0 Å². The van der Waals surface area contributed by atoms with E-state index in [-0.39, 0.29) is 0 Å². The SMILES string of the molecule is C[C@@H]1CCNC[C@@H]1N(C)c1ncnc2c1=CCCN=2. The largest absolute Gasteiger partial charge is 0.354 e. The molecule has 1 aromatic rings. The van der Waals surface area contributed by atoms with E-state index >= 15 is 0 Å². The van der Waals surface area contributed by atoms with Crippen LogP contribution in [-0.2, 0) is 0 Å². The maximum absolute atomic E-state index is 4.50. The van der Waals surface area contributed by atoms with Crippen LogP contribution in [0.5, 0.6) is 0 Å². The molecule has 2 aliphatic rings. The number of nitrogens with zero attached hydrogens (tertiary/aromatic N) is 4. The van der Waals surface area contributed by atoms with Gasteiger partial charge < -0.3 is 10.2 Å². The number of hydrogen-bond acceptors (Lipinski definition) is 5. The molecule has 0 radical (unpaired) electrons. The Labute approximate surface area is 113 Å². The average Bonchev–Trinajstić information content (AvgIpc) is 2.46. The van der Waals surface area contributed by atoms with E-state index in [2.05, 4.69) is 45.2 Å². The quantitative estimate of drug-likeness (QED) is 0.793. The zero-order valence-corrected chi connectivity index (χ0v) is 11.6. The predicted molar refractivity (Wildman–Crippen MR) is 75.6 cm³/mol. The van der Waals surface area contributed by atoms with Gasteiger partial charge in [0, 0.05) is 26.2 Å². The summed E-state index contributed by atoms with van der Waals surface area (Å²) < 4.78 is 0. The summed E-state index contributed by atoms with van der Waals surface area (Å²) in [7, 11) is 2.14. The van der Waals surface area contributed by atoms with Gasteiger partial charge in [0.15, 0.2) is 5.49 Å². The van der Waals surface area contributed by atoms with E-state index in [0.29, 0.717) is 12.0 Å². The summed E-state index contributed by atoms with van der Waals surface area (Å²) in [5, 5.41) is 4.58. The molecule has 1 aromatic heterocycles. The van der Waals surface area contributed by atoms with Crippen LogP contribution in [0, 0.1) is 5.92 Å². The van der Waals surface area contributed by atoms with E-state index < -0.39 is 0 Å². The topological polar surface area (TPSA) is 53.4 Å². The Balaban J connectivity index is 1.98. The number of fused-ring (bicyclic) bond motifs is 1. The van der Waals surface area contributed by atoms with Gasteiger partial charge in [-0.25, -0.2) is 9.97 Å². The van der Waals surface area contributed by atoms with Crippen LogP contribution in [0.4, 0.5) is 5.82 Å². The molecular weight excluding hydrogens is 238 g/mol. The van der Waals surface area contributed by atoms with Crippen molar-refractivity contribution < 1.29 is 0 Å². The monoisotopic (exact) mass is 259 g/mol.